The minimum atomic E-state index is -1.09. The number of nitrogens with zero attached hydrogens (tertiary/aromatic N) is 2. The molecule has 266 valence electrons. The summed E-state index contributed by atoms with van der Waals surface area (Å²) in [6.45, 7) is 17.1. The first kappa shape index (κ1) is 38.3. The minimum absolute atomic E-state index is 0.0493. The monoisotopic (exact) mass is 660 g/mol. The van der Waals surface area contributed by atoms with E-state index >= 15 is 0 Å². The molecule has 12 nitrogen and oxygen atoms in total. The van der Waals surface area contributed by atoms with Gasteiger partial charge in [0.1, 0.15) is 12.1 Å². The summed E-state index contributed by atoms with van der Waals surface area (Å²) in [5.41, 5.74) is 4.25. The Kier molecular flexibility index (Phi) is 12.9. The van der Waals surface area contributed by atoms with E-state index < -0.39 is 47.2 Å². The van der Waals surface area contributed by atoms with Gasteiger partial charge < -0.3 is 31.5 Å². The van der Waals surface area contributed by atoms with Gasteiger partial charge in [0, 0.05) is 26.1 Å². The van der Waals surface area contributed by atoms with Crippen LogP contribution in [0.1, 0.15) is 113 Å². The van der Waals surface area contributed by atoms with Crippen LogP contribution in [0.3, 0.4) is 0 Å². The molecule has 1 saturated carbocycles. The van der Waals surface area contributed by atoms with Crippen LogP contribution in [0.2, 0.25) is 0 Å². The number of nitrogens with one attached hydrogen (secondary N) is 3. The second-order valence-corrected chi connectivity index (χ2v) is 16.7. The number of likely N-dealkylation sites (tertiary alicyclic amines) is 2. The van der Waals surface area contributed by atoms with E-state index in [-0.39, 0.29) is 29.2 Å². The number of amides is 6. The number of piperidine rings is 1. The minimum Gasteiger partial charge on any atom is -0.363 e. The molecule has 12 heteroatoms. The highest BCUT2D eigenvalue weighted by Gasteiger charge is 2.46. The van der Waals surface area contributed by atoms with E-state index in [9.17, 15) is 28.8 Å². The van der Waals surface area contributed by atoms with Crippen molar-refractivity contribution in [1.82, 2.24) is 25.8 Å². The Morgan fingerprint density at radius 1 is 0.915 bits per heavy atom. The van der Waals surface area contributed by atoms with E-state index in [0.717, 1.165) is 32.1 Å². The first-order valence-electron chi connectivity index (χ1n) is 17.6. The Morgan fingerprint density at radius 2 is 1.57 bits per heavy atom. The van der Waals surface area contributed by atoms with Crippen LogP contribution < -0.4 is 21.7 Å². The molecule has 5 N–H and O–H groups in total. The number of primary amides is 1. The molecule has 3 fully saturated rings. The molecule has 1 aliphatic carbocycles. The van der Waals surface area contributed by atoms with Crippen molar-refractivity contribution in [2.75, 3.05) is 19.6 Å². The van der Waals surface area contributed by atoms with Crippen LogP contribution in [0.5, 0.6) is 0 Å². The number of hydrogen-bond acceptors (Lipinski definition) is 6. The molecular weight excluding hydrogens is 600 g/mol. The molecule has 47 heavy (non-hydrogen) atoms. The van der Waals surface area contributed by atoms with Crippen LogP contribution in [0, 0.1) is 28.6 Å². The summed E-state index contributed by atoms with van der Waals surface area (Å²) >= 11 is 0. The lowest BCUT2D eigenvalue weighted by molar-refractivity contribution is -0.143. The van der Waals surface area contributed by atoms with E-state index in [4.69, 9.17) is 5.73 Å². The summed E-state index contributed by atoms with van der Waals surface area (Å²) in [4.78, 5) is 82.1. The lowest BCUT2D eigenvalue weighted by atomic mass is 9.85. The maximum Gasteiger partial charge on any atom is 0.315 e. The van der Waals surface area contributed by atoms with Gasteiger partial charge >= 0.3 is 6.03 Å². The van der Waals surface area contributed by atoms with Gasteiger partial charge in [0.25, 0.3) is 5.91 Å². The molecule has 2 saturated heterocycles. The fourth-order valence-corrected chi connectivity index (χ4v) is 6.73. The highest BCUT2D eigenvalue weighted by molar-refractivity contribution is 6.37. The van der Waals surface area contributed by atoms with Crippen molar-refractivity contribution in [3.63, 3.8) is 0 Å². The van der Waals surface area contributed by atoms with Crippen LogP contribution in [-0.4, -0.2) is 89.0 Å². The maximum atomic E-state index is 14.4. The summed E-state index contributed by atoms with van der Waals surface area (Å²) in [6.07, 6.45) is 6.67. The fraction of sp³-hybridized carbons (Fsp3) is 0.829. The van der Waals surface area contributed by atoms with Crippen molar-refractivity contribution in [2.24, 2.45) is 34.3 Å². The first-order valence-corrected chi connectivity index (χ1v) is 17.6. The molecule has 5 atom stereocenters. The lowest BCUT2D eigenvalue weighted by Crippen LogP contribution is -2.62. The van der Waals surface area contributed by atoms with Gasteiger partial charge in [-0.3, -0.25) is 24.0 Å². The van der Waals surface area contributed by atoms with E-state index in [1.165, 1.54) is 0 Å². The van der Waals surface area contributed by atoms with Crippen molar-refractivity contribution in [3.8, 4) is 0 Å². The van der Waals surface area contributed by atoms with Crippen LogP contribution in [-0.2, 0) is 24.0 Å². The number of nitrogens with two attached hydrogens (primary N) is 1. The zero-order chi connectivity index (χ0) is 35.3. The smallest absolute Gasteiger partial charge is 0.315 e. The third-order valence-electron chi connectivity index (χ3n) is 9.78. The van der Waals surface area contributed by atoms with Crippen LogP contribution in [0.4, 0.5) is 4.79 Å². The molecule has 2 unspecified atom stereocenters. The Morgan fingerprint density at radius 3 is 2.11 bits per heavy atom. The third kappa shape index (κ3) is 11.2. The highest BCUT2D eigenvalue weighted by atomic mass is 16.2. The summed E-state index contributed by atoms with van der Waals surface area (Å²) in [5.74, 6) is -1.85. The summed E-state index contributed by atoms with van der Waals surface area (Å²) < 4.78 is 0. The van der Waals surface area contributed by atoms with Gasteiger partial charge in [-0.05, 0) is 67.1 Å². The zero-order valence-electron chi connectivity index (χ0n) is 29.9. The molecule has 0 spiro atoms. The SMILES string of the molecule is CC(C)CC1C[C@@H](C(=O)NC(CCC2CC2)C(=O)C(N)=O)N(C(=O)[C@@H](NC(=O)N[C@H](CN2CCCCC2=O)C(C)(C)C)C(C)(C)C)C1. The average molecular weight is 661 g/mol. The molecule has 6 amide bonds. The predicted octanol–water partition coefficient (Wildman–Crippen LogP) is 3.12. The molecule has 3 aliphatic rings. The number of carbonyl (C=O) groups is 6. The number of ketones is 1. The van der Waals surface area contributed by atoms with Crippen LogP contribution in [0.15, 0.2) is 0 Å². The Balaban J connectivity index is 1.80. The molecule has 0 aromatic carbocycles. The second-order valence-electron chi connectivity index (χ2n) is 16.7. The predicted molar refractivity (Wildman–Crippen MR) is 180 cm³/mol. The maximum absolute atomic E-state index is 14.4. The molecule has 0 aromatic rings. The molecule has 0 aromatic heterocycles. The number of Topliss-reactive ketones (excluding diaryl/α,β-unsaturated/α-hetero) is 1. The molecule has 2 aliphatic heterocycles. The highest BCUT2D eigenvalue weighted by Crippen LogP contribution is 2.35. The summed E-state index contributed by atoms with van der Waals surface area (Å²) in [5, 5.41) is 8.74. The fourth-order valence-electron chi connectivity index (χ4n) is 6.73. The van der Waals surface area contributed by atoms with E-state index in [1.54, 1.807) is 9.80 Å². The lowest BCUT2D eigenvalue weighted by Gasteiger charge is -2.39. The number of carbonyl (C=O) groups excluding carboxylic acids is 6. The number of rotatable bonds is 14. The zero-order valence-corrected chi connectivity index (χ0v) is 29.9. The van der Waals surface area contributed by atoms with E-state index in [1.807, 2.05) is 41.5 Å². The van der Waals surface area contributed by atoms with E-state index in [2.05, 4.69) is 29.8 Å². The van der Waals surface area contributed by atoms with Crippen molar-refractivity contribution >= 4 is 35.4 Å². The Labute approximate surface area is 281 Å². The van der Waals surface area contributed by atoms with Gasteiger partial charge in [0.15, 0.2) is 0 Å². The number of hydrogen-bond donors (Lipinski definition) is 4. The Bertz CT molecular complexity index is 1170. The van der Waals surface area contributed by atoms with Gasteiger partial charge in [0.05, 0.1) is 12.1 Å². The van der Waals surface area contributed by atoms with E-state index in [0.29, 0.717) is 57.2 Å². The third-order valence-corrected chi connectivity index (χ3v) is 9.78. The topological polar surface area (TPSA) is 171 Å². The van der Waals surface area contributed by atoms with Crippen molar-refractivity contribution < 1.29 is 28.8 Å². The summed E-state index contributed by atoms with van der Waals surface area (Å²) in [6, 6.07) is -3.75. The summed E-state index contributed by atoms with van der Waals surface area (Å²) in [7, 11) is 0. The molecule has 3 rings (SSSR count). The van der Waals surface area contributed by atoms with Crippen LogP contribution >= 0.6 is 0 Å². The first-order chi connectivity index (χ1) is 21.8. The normalized spacial score (nSPS) is 22.4. The number of urea groups is 1. The van der Waals surface area contributed by atoms with Gasteiger partial charge in [-0.1, -0.05) is 68.2 Å². The van der Waals surface area contributed by atoms with Crippen molar-refractivity contribution in [1.29, 1.82) is 0 Å². The molecule has 0 radical (unpaired) electrons. The molecule has 2 heterocycles. The van der Waals surface area contributed by atoms with Crippen molar-refractivity contribution in [2.45, 2.75) is 137 Å². The van der Waals surface area contributed by atoms with Crippen molar-refractivity contribution in [3.05, 3.63) is 0 Å². The van der Waals surface area contributed by atoms with Gasteiger partial charge in [-0.2, -0.15) is 0 Å². The van der Waals surface area contributed by atoms with Crippen LogP contribution in [0.25, 0.3) is 0 Å². The Hall–Kier alpha value is -3.18. The standard InChI is InChI=1S/C35H60N6O6/c1-21(2)17-23-18-25(31(45)37-24(28(43)30(36)44)15-14-22-12-13-22)41(19-23)32(46)29(35(6,7)8)39-33(47)38-26(34(3,4)5)20-40-16-10-9-11-27(40)42/h21-26,29H,9-20H2,1-8H3,(H2,36,44)(H,37,45)(H2,38,39,47)/t23?,24?,25-,26+,29+/m0/s1. The molecular formula is C35H60N6O6. The second kappa shape index (κ2) is 15.8. The molecule has 0 bridgehead atoms. The van der Waals surface area contributed by atoms with Gasteiger partial charge in [0.2, 0.25) is 23.5 Å². The largest absolute Gasteiger partial charge is 0.363 e. The quantitative estimate of drug-likeness (QED) is 0.209. The average Bonchev–Trinajstić information content (AvgIpc) is 3.69. The van der Waals surface area contributed by atoms with Gasteiger partial charge in [-0.15, -0.1) is 0 Å². The van der Waals surface area contributed by atoms with Gasteiger partial charge in [-0.25, -0.2) is 4.79 Å².